The van der Waals surface area contributed by atoms with Gasteiger partial charge in [0.2, 0.25) is 0 Å². The predicted octanol–water partition coefficient (Wildman–Crippen LogP) is 4.33. The summed E-state index contributed by atoms with van der Waals surface area (Å²) < 4.78 is 0. The molecule has 0 aromatic heterocycles. The van der Waals surface area contributed by atoms with Crippen LogP contribution in [0.25, 0.3) is 11.6 Å². The largest absolute Gasteiger partial charge is 0.0775 e. The SMILES string of the molecule is C[Si](C)(C)c1ccc(C2=Cc3ccccc3C2)cc1. The number of allylic oxidation sites excluding steroid dienone is 1. The van der Waals surface area contributed by atoms with Crippen molar-refractivity contribution in [2.75, 3.05) is 0 Å². The van der Waals surface area contributed by atoms with Crippen LogP contribution in [0.2, 0.25) is 19.6 Å². The molecule has 0 amide bonds. The average molecular weight is 264 g/mol. The maximum absolute atomic E-state index is 2.40. The highest BCUT2D eigenvalue weighted by atomic mass is 28.3. The first-order chi connectivity index (χ1) is 9.04. The van der Waals surface area contributed by atoms with Crippen molar-refractivity contribution in [3.8, 4) is 0 Å². The molecule has 0 heterocycles. The molecular weight excluding hydrogens is 244 g/mol. The molecule has 0 atom stereocenters. The lowest BCUT2D eigenvalue weighted by molar-refractivity contribution is 1.32. The summed E-state index contributed by atoms with van der Waals surface area (Å²) in [7, 11) is -1.18. The third-order valence-corrected chi connectivity index (χ3v) is 5.95. The van der Waals surface area contributed by atoms with E-state index in [9.17, 15) is 0 Å². The van der Waals surface area contributed by atoms with Gasteiger partial charge < -0.3 is 0 Å². The second kappa shape index (κ2) is 4.50. The molecule has 1 aliphatic rings. The first kappa shape index (κ1) is 12.4. The first-order valence-corrected chi connectivity index (χ1v) is 10.4. The topological polar surface area (TPSA) is 0 Å². The molecule has 19 heavy (non-hydrogen) atoms. The van der Waals surface area contributed by atoms with Crippen molar-refractivity contribution in [2.45, 2.75) is 26.1 Å². The lowest BCUT2D eigenvalue weighted by Crippen LogP contribution is -2.37. The van der Waals surface area contributed by atoms with Gasteiger partial charge in [-0.3, -0.25) is 0 Å². The molecule has 3 rings (SSSR count). The van der Waals surface area contributed by atoms with Crippen LogP contribution in [0.3, 0.4) is 0 Å². The average Bonchev–Trinajstić information content (AvgIpc) is 2.81. The molecule has 0 spiro atoms. The maximum Gasteiger partial charge on any atom is 0.0775 e. The van der Waals surface area contributed by atoms with E-state index in [0.717, 1.165) is 6.42 Å². The summed E-state index contributed by atoms with van der Waals surface area (Å²) in [4.78, 5) is 0. The van der Waals surface area contributed by atoms with Gasteiger partial charge in [-0.05, 0) is 28.7 Å². The van der Waals surface area contributed by atoms with Crippen LogP contribution >= 0.6 is 0 Å². The number of benzene rings is 2. The monoisotopic (exact) mass is 264 g/mol. The Morgan fingerprint density at radius 2 is 1.53 bits per heavy atom. The zero-order chi connectivity index (χ0) is 13.5. The van der Waals surface area contributed by atoms with E-state index in [1.807, 2.05) is 0 Å². The Kier molecular flexibility index (Phi) is 2.94. The minimum absolute atomic E-state index is 1.07. The molecule has 96 valence electrons. The predicted molar refractivity (Wildman–Crippen MR) is 87.4 cm³/mol. The van der Waals surface area contributed by atoms with Crippen LogP contribution < -0.4 is 5.19 Å². The zero-order valence-electron chi connectivity index (χ0n) is 11.9. The van der Waals surface area contributed by atoms with Crippen LogP contribution in [0.5, 0.6) is 0 Å². The summed E-state index contributed by atoms with van der Waals surface area (Å²) in [6.45, 7) is 7.19. The van der Waals surface area contributed by atoms with Gasteiger partial charge in [-0.2, -0.15) is 0 Å². The van der Waals surface area contributed by atoms with Crippen molar-refractivity contribution in [1.82, 2.24) is 0 Å². The molecule has 0 nitrogen and oxygen atoms in total. The van der Waals surface area contributed by atoms with E-state index in [0.29, 0.717) is 0 Å². The van der Waals surface area contributed by atoms with Crippen molar-refractivity contribution in [3.05, 3.63) is 65.2 Å². The molecular formula is C18H20Si. The summed E-state index contributed by atoms with van der Waals surface area (Å²) in [6, 6.07) is 17.9. The van der Waals surface area contributed by atoms with E-state index in [1.165, 1.54) is 27.5 Å². The Bertz CT molecular complexity index is 627. The summed E-state index contributed by atoms with van der Waals surface area (Å²) in [5.41, 5.74) is 5.65. The van der Waals surface area contributed by atoms with Crippen LogP contribution in [0.4, 0.5) is 0 Å². The Morgan fingerprint density at radius 1 is 0.842 bits per heavy atom. The summed E-state index contributed by atoms with van der Waals surface area (Å²) in [5.74, 6) is 0. The second-order valence-electron chi connectivity index (χ2n) is 6.37. The Balaban J connectivity index is 1.90. The molecule has 0 aliphatic heterocycles. The highest BCUT2D eigenvalue weighted by molar-refractivity contribution is 6.88. The molecule has 2 aromatic rings. The highest BCUT2D eigenvalue weighted by Gasteiger charge is 2.17. The van der Waals surface area contributed by atoms with E-state index in [-0.39, 0.29) is 0 Å². The molecule has 0 saturated carbocycles. The molecule has 0 bridgehead atoms. The molecule has 0 N–H and O–H groups in total. The zero-order valence-corrected chi connectivity index (χ0v) is 12.9. The highest BCUT2D eigenvalue weighted by Crippen LogP contribution is 2.30. The van der Waals surface area contributed by atoms with Crippen molar-refractivity contribution >= 4 is 24.9 Å². The van der Waals surface area contributed by atoms with Crippen molar-refractivity contribution in [1.29, 1.82) is 0 Å². The van der Waals surface area contributed by atoms with Gasteiger partial charge in [-0.1, -0.05) is 79.4 Å². The van der Waals surface area contributed by atoms with Gasteiger partial charge in [-0.15, -0.1) is 0 Å². The fourth-order valence-electron chi connectivity index (χ4n) is 2.65. The van der Waals surface area contributed by atoms with Crippen molar-refractivity contribution in [3.63, 3.8) is 0 Å². The molecule has 1 heteroatoms. The van der Waals surface area contributed by atoms with E-state index < -0.39 is 8.07 Å². The number of rotatable bonds is 2. The van der Waals surface area contributed by atoms with Crippen LogP contribution in [0.15, 0.2) is 48.5 Å². The summed E-state index contributed by atoms with van der Waals surface area (Å²) in [5, 5.41) is 1.53. The maximum atomic E-state index is 2.40. The van der Waals surface area contributed by atoms with E-state index in [2.05, 4.69) is 74.2 Å². The first-order valence-electron chi connectivity index (χ1n) is 6.93. The fourth-order valence-corrected chi connectivity index (χ4v) is 3.82. The van der Waals surface area contributed by atoms with Gasteiger partial charge in [-0.25, -0.2) is 0 Å². The fraction of sp³-hybridized carbons (Fsp3) is 0.222. The lowest BCUT2D eigenvalue weighted by atomic mass is 10.0. The Labute approximate surface area is 116 Å². The third-order valence-electron chi connectivity index (χ3n) is 3.89. The number of hydrogen-bond donors (Lipinski definition) is 0. The van der Waals surface area contributed by atoms with Gasteiger partial charge in [0.15, 0.2) is 0 Å². The Hall–Kier alpha value is -1.60. The van der Waals surface area contributed by atoms with E-state index in [1.54, 1.807) is 0 Å². The molecule has 0 fully saturated rings. The lowest BCUT2D eigenvalue weighted by Gasteiger charge is -2.17. The molecule has 0 radical (unpaired) electrons. The van der Waals surface area contributed by atoms with Crippen molar-refractivity contribution in [2.24, 2.45) is 0 Å². The number of fused-ring (bicyclic) bond motifs is 1. The van der Waals surface area contributed by atoms with E-state index >= 15 is 0 Å². The molecule has 1 aliphatic carbocycles. The number of hydrogen-bond acceptors (Lipinski definition) is 0. The molecule has 2 aromatic carbocycles. The smallest absolute Gasteiger partial charge is 0.0656 e. The van der Waals surface area contributed by atoms with Crippen LogP contribution in [0, 0.1) is 0 Å². The van der Waals surface area contributed by atoms with Crippen LogP contribution in [-0.4, -0.2) is 8.07 Å². The summed E-state index contributed by atoms with van der Waals surface area (Å²) in [6.07, 6.45) is 3.40. The van der Waals surface area contributed by atoms with Gasteiger partial charge >= 0.3 is 0 Å². The van der Waals surface area contributed by atoms with Crippen LogP contribution in [-0.2, 0) is 6.42 Å². The van der Waals surface area contributed by atoms with Gasteiger partial charge in [0, 0.05) is 0 Å². The second-order valence-corrected chi connectivity index (χ2v) is 11.4. The quantitative estimate of drug-likeness (QED) is 0.708. The summed E-state index contributed by atoms with van der Waals surface area (Å²) >= 11 is 0. The molecule has 0 saturated heterocycles. The molecule has 0 unspecified atom stereocenters. The Morgan fingerprint density at radius 3 is 2.16 bits per heavy atom. The van der Waals surface area contributed by atoms with Gasteiger partial charge in [0.05, 0.1) is 8.07 Å². The van der Waals surface area contributed by atoms with Gasteiger partial charge in [0.1, 0.15) is 0 Å². The third kappa shape index (κ3) is 2.43. The minimum Gasteiger partial charge on any atom is -0.0656 e. The van der Waals surface area contributed by atoms with E-state index in [4.69, 9.17) is 0 Å². The minimum atomic E-state index is -1.18. The normalized spacial score (nSPS) is 14.2. The van der Waals surface area contributed by atoms with Gasteiger partial charge in [0.25, 0.3) is 0 Å². The standard InChI is InChI=1S/C18H20Si/c1-19(2,3)18-10-8-14(9-11-18)17-12-15-6-4-5-7-16(15)13-17/h4-12H,13H2,1-3H3. The van der Waals surface area contributed by atoms with Crippen LogP contribution in [0.1, 0.15) is 16.7 Å². The van der Waals surface area contributed by atoms with Crippen molar-refractivity contribution < 1.29 is 0 Å².